The molecular formula is C12H10NS. The van der Waals surface area contributed by atoms with Gasteiger partial charge in [0.05, 0.1) is 0 Å². The van der Waals surface area contributed by atoms with Crippen molar-refractivity contribution in [3.05, 3.63) is 60.7 Å². The van der Waals surface area contributed by atoms with E-state index >= 15 is 0 Å². The summed E-state index contributed by atoms with van der Waals surface area (Å²) in [4.78, 5) is 1.09. The zero-order valence-electron chi connectivity index (χ0n) is 7.60. The summed E-state index contributed by atoms with van der Waals surface area (Å²) in [6, 6.07) is 21.2. The van der Waals surface area contributed by atoms with Gasteiger partial charge in [0.2, 0.25) is 0 Å². The Morgan fingerprint density at radius 3 is 2.43 bits per heavy atom. The van der Waals surface area contributed by atoms with E-state index < -0.39 is 0 Å². The van der Waals surface area contributed by atoms with Gasteiger partial charge in [0.15, 0.2) is 0 Å². The Labute approximate surface area is 88.3 Å². The van der Waals surface area contributed by atoms with Crippen molar-refractivity contribution in [2.45, 2.75) is 4.90 Å². The third-order valence-electron chi connectivity index (χ3n) is 1.73. The van der Waals surface area contributed by atoms with E-state index in [2.05, 4.69) is 10.8 Å². The maximum atomic E-state index is 3.25. The molecule has 1 N–H and O–H groups in total. The smallest absolute Gasteiger partial charge is 0.0443 e. The highest BCUT2D eigenvalue weighted by molar-refractivity contribution is 8.00. The highest BCUT2D eigenvalue weighted by Crippen LogP contribution is 2.19. The predicted molar refractivity (Wildman–Crippen MR) is 61.2 cm³/mol. The van der Waals surface area contributed by atoms with Crippen LogP contribution in [-0.4, -0.2) is 0 Å². The first-order valence-electron chi connectivity index (χ1n) is 4.40. The van der Waals surface area contributed by atoms with Gasteiger partial charge in [0, 0.05) is 10.6 Å². The summed E-state index contributed by atoms with van der Waals surface area (Å²) >= 11 is 1.57. The molecule has 0 fully saturated rings. The summed E-state index contributed by atoms with van der Waals surface area (Å²) < 4.78 is 3.25. The molecule has 0 amide bonds. The molecular weight excluding hydrogens is 190 g/mol. The molecule has 0 bridgehead atoms. The van der Waals surface area contributed by atoms with Gasteiger partial charge >= 0.3 is 0 Å². The fourth-order valence-corrected chi connectivity index (χ4v) is 1.70. The zero-order chi connectivity index (χ0) is 9.64. The monoisotopic (exact) mass is 200 g/mol. The molecule has 14 heavy (non-hydrogen) atoms. The van der Waals surface area contributed by atoms with Crippen molar-refractivity contribution in [2.75, 3.05) is 4.72 Å². The normalized spacial score (nSPS) is 9.71. The van der Waals surface area contributed by atoms with Gasteiger partial charge in [-0.05, 0) is 36.2 Å². The van der Waals surface area contributed by atoms with Gasteiger partial charge in [-0.3, -0.25) is 0 Å². The number of hydrogen-bond acceptors (Lipinski definition) is 2. The van der Waals surface area contributed by atoms with Crippen LogP contribution in [0.1, 0.15) is 0 Å². The van der Waals surface area contributed by atoms with Crippen LogP contribution in [-0.2, 0) is 0 Å². The van der Waals surface area contributed by atoms with Crippen LogP contribution in [0.15, 0.2) is 59.5 Å². The highest BCUT2D eigenvalue weighted by atomic mass is 32.2. The van der Waals surface area contributed by atoms with Crippen LogP contribution < -0.4 is 4.72 Å². The molecule has 69 valence electrons. The average Bonchev–Trinajstić information content (AvgIpc) is 2.29. The molecule has 0 atom stereocenters. The van der Waals surface area contributed by atoms with E-state index in [-0.39, 0.29) is 0 Å². The Kier molecular flexibility index (Phi) is 3.09. The molecule has 0 aliphatic heterocycles. The van der Waals surface area contributed by atoms with Crippen molar-refractivity contribution < 1.29 is 0 Å². The van der Waals surface area contributed by atoms with Gasteiger partial charge in [-0.1, -0.05) is 36.4 Å². The van der Waals surface area contributed by atoms with Crippen LogP contribution in [0, 0.1) is 6.07 Å². The van der Waals surface area contributed by atoms with Gasteiger partial charge in [-0.2, -0.15) is 0 Å². The standard InChI is InChI=1S/C12H10NS/c1-3-7-11(8-4-1)13-14-12-9-5-2-6-10-12/h1-9,13H. The first kappa shape index (κ1) is 9.16. The Balaban J connectivity index is 1.96. The number of anilines is 1. The summed E-state index contributed by atoms with van der Waals surface area (Å²) in [6.07, 6.45) is 0. The topological polar surface area (TPSA) is 12.0 Å². The minimum absolute atomic E-state index is 1.09. The van der Waals surface area contributed by atoms with E-state index in [1.54, 1.807) is 11.9 Å². The van der Waals surface area contributed by atoms with Crippen LogP contribution in [0.2, 0.25) is 0 Å². The third kappa shape index (κ3) is 2.54. The first-order valence-corrected chi connectivity index (χ1v) is 5.21. The van der Waals surface area contributed by atoms with E-state index in [4.69, 9.17) is 0 Å². The lowest BCUT2D eigenvalue weighted by Gasteiger charge is -2.03. The van der Waals surface area contributed by atoms with E-state index in [1.165, 1.54) is 0 Å². The molecule has 0 spiro atoms. The van der Waals surface area contributed by atoms with Crippen LogP contribution in [0.3, 0.4) is 0 Å². The Morgan fingerprint density at radius 1 is 0.929 bits per heavy atom. The molecule has 0 heterocycles. The average molecular weight is 200 g/mol. The summed E-state index contributed by atoms with van der Waals surface area (Å²) in [5.74, 6) is 0. The van der Waals surface area contributed by atoms with E-state index in [0.29, 0.717) is 0 Å². The number of rotatable bonds is 3. The lowest BCUT2D eigenvalue weighted by Crippen LogP contribution is -1.84. The third-order valence-corrected chi connectivity index (χ3v) is 2.54. The number of nitrogens with one attached hydrogen (secondary N) is 1. The lowest BCUT2D eigenvalue weighted by molar-refractivity contribution is 1.45. The quantitative estimate of drug-likeness (QED) is 0.760. The van der Waals surface area contributed by atoms with Crippen LogP contribution >= 0.6 is 11.9 Å². The fourth-order valence-electron chi connectivity index (χ4n) is 1.06. The molecule has 2 aromatic carbocycles. The van der Waals surface area contributed by atoms with E-state index in [1.807, 2.05) is 54.6 Å². The van der Waals surface area contributed by atoms with Gasteiger partial charge in [0.25, 0.3) is 0 Å². The van der Waals surface area contributed by atoms with Crippen molar-refractivity contribution in [3.63, 3.8) is 0 Å². The summed E-state index contributed by atoms with van der Waals surface area (Å²) in [5, 5.41) is 0. The molecule has 2 aromatic rings. The molecule has 0 aliphatic rings. The highest BCUT2D eigenvalue weighted by Gasteiger charge is 1.92. The second kappa shape index (κ2) is 4.72. The fraction of sp³-hybridized carbons (Fsp3) is 0. The predicted octanol–water partition coefficient (Wildman–Crippen LogP) is 3.61. The summed E-state index contributed by atoms with van der Waals surface area (Å²) in [7, 11) is 0. The van der Waals surface area contributed by atoms with Gasteiger partial charge in [0.1, 0.15) is 0 Å². The molecule has 0 aromatic heterocycles. The molecule has 0 aliphatic carbocycles. The number of para-hydroxylation sites is 1. The van der Waals surface area contributed by atoms with Crippen molar-refractivity contribution >= 4 is 17.6 Å². The zero-order valence-corrected chi connectivity index (χ0v) is 8.42. The summed E-state index contributed by atoms with van der Waals surface area (Å²) in [6.45, 7) is 0. The van der Waals surface area contributed by atoms with Crippen LogP contribution in [0.25, 0.3) is 0 Å². The molecule has 0 saturated heterocycles. The van der Waals surface area contributed by atoms with Crippen molar-refractivity contribution in [1.82, 2.24) is 0 Å². The Bertz CT molecular complexity index is 333. The summed E-state index contributed by atoms with van der Waals surface area (Å²) in [5.41, 5.74) is 1.11. The molecule has 2 rings (SSSR count). The SMILES string of the molecule is [c]1ccccc1SNc1ccccc1. The molecule has 1 nitrogen and oxygen atoms in total. The largest absolute Gasteiger partial charge is 0.326 e. The maximum absolute atomic E-state index is 3.25. The minimum Gasteiger partial charge on any atom is -0.326 e. The Hall–Kier alpha value is -1.41. The van der Waals surface area contributed by atoms with Gasteiger partial charge in [-0.15, -0.1) is 0 Å². The molecule has 1 radical (unpaired) electrons. The van der Waals surface area contributed by atoms with E-state index in [9.17, 15) is 0 Å². The minimum atomic E-state index is 1.09. The molecule has 2 heteroatoms. The van der Waals surface area contributed by atoms with Crippen LogP contribution in [0.5, 0.6) is 0 Å². The number of hydrogen-bond donors (Lipinski definition) is 1. The van der Waals surface area contributed by atoms with Crippen LogP contribution in [0.4, 0.5) is 5.69 Å². The van der Waals surface area contributed by atoms with Crippen molar-refractivity contribution in [1.29, 1.82) is 0 Å². The molecule has 0 unspecified atom stereocenters. The Morgan fingerprint density at radius 2 is 1.71 bits per heavy atom. The number of benzene rings is 2. The second-order valence-electron chi connectivity index (χ2n) is 2.80. The van der Waals surface area contributed by atoms with Crippen molar-refractivity contribution in [2.24, 2.45) is 0 Å². The van der Waals surface area contributed by atoms with E-state index in [0.717, 1.165) is 10.6 Å². The van der Waals surface area contributed by atoms with Crippen molar-refractivity contribution in [3.8, 4) is 0 Å². The molecule has 0 saturated carbocycles. The lowest BCUT2D eigenvalue weighted by atomic mass is 10.3. The van der Waals surface area contributed by atoms with Gasteiger partial charge in [-0.25, -0.2) is 0 Å². The van der Waals surface area contributed by atoms with Gasteiger partial charge < -0.3 is 4.72 Å². The second-order valence-corrected chi connectivity index (χ2v) is 3.65. The first-order chi connectivity index (χ1) is 6.95. The maximum Gasteiger partial charge on any atom is 0.0443 e.